The number of nitrogens with one attached hydrogen (secondary N) is 1. The van der Waals surface area contributed by atoms with E-state index in [0.29, 0.717) is 172 Å². The van der Waals surface area contributed by atoms with Gasteiger partial charge in [0, 0.05) is 125 Å². The Hall–Kier alpha value is -5.31. The summed E-state index contributed by atoms with van der Waals surface area (Å²) in [5, 5.41) is 11.7. The Kier molecular flexibility index (Phi) is 110. The highest BCUT2D eigenvalue weighted by Gasteiger charge is 2.17. The van der Waals surface area contributed by atoms with Crippen LogP contribution in [0.3, 0.4) is 0 Å². The molecule has 698 valence electrons. The van der Waals surface area contributed by atoms with Crippen molar-refractivity contribution in [3.8, 4) is 0 Å². The number of nitrogens with two attached hydrogens (primary N) is 1. The van der Waals surface area contributed by atoms with Gasteiger partial charge in [0.2, 0.25) is 23.6 Å². The minimum atomic E-state index is -0.341. The van der Waals surface area contributed by atoms with Crippen LogP contribution in [-0.4, -0.2) is 165 Å². The number of ketones is 3. The molecule has 21 nitrogen and oxygen atoms in total. The second-order valence-electron chi connectivity index (χ2n) is 36.4. The van der Waals surface area contributed by atoms with E-state index in [2.05, 4.69) is 130 Å². The monoisotopic (exact) mass is 1660 g/mol. The fourth-order valence-corrected chi connectivity index (χ4v) is 8.20. The van der Waals surface area contributed by atoms with Gasteiger partial charge in [0.25, 0.3) is 0 Å². The SMILES string of the molecule is CC(C)C(O)N(C)C.CC(C)CC(=O)OC(C)(C)C.CC(C)CCC(=O)CC(C)C.CC(C)CCC(=O)N(C)C.CC(C)CCC(N)=O.CCC(=O)CCC(C)C.CCCC(=O)CCC(C)C.CCN(C)C(=O)CCC(C)C.CCOC(=O)CC(C)C.CCOC(=O)CCC(C)C.CCOC(=O)CCCC(C)C.CNC(=O)CC(C)C. The van der Waals surface area contributed by atoms with Gasteiger partial charge < -0.3 is 44.9 Å². The molecule has 0 saturated heterocycles. The lowest BCUT2D eigenvalue weighted by Crippen LogP contribution is -2.31. The Labute approximate surface area is 717 Å². The maximum atomic E-state index is 11.2. The van der Waals surface area contributed by atoms with Crippen LogP contribution in [0.15, 0.2) is 0 Å². The average Bonchev–Trinajstić information content (AvgIpc) is 0.939. The Bertz CT molecular complexity index is 2250. The molecule has 0 aromatic heterocycles. The third-order valence-corrected chi connectivity index (χ3v) is 15.4. The van der Waals surface area contributed by atoms with E-state index in [1.807, 2.05) is 139 Å². The van der Waals surface area contributed by atoms with Gasteiger partial charge in [-0.15, -0.1) is 0 Å². The van der Waals surface area contributed by atoms with Crippen molar-refractivity contribution in [2.75, 3.05) is 68.7 Å². The predicted octanol–water partition coefficient (Wildman–Crippen LogP) is 22.2. The first kappa shape index (κ1) is 137. The van der Waals surface area contributed by atoms with Crippen LogP contribution < -0.4 is 11.1 Å². The number of Topliss-reactive ketones (excluding diaryl/α,β-unsaturated/α-hetero) is 3. The van der Waals surface area contributed by atoms with Crippen molar-refractivity contribution < 1.29 is 76.8 Å². The molecule has 1 atom stereocenters. The molecule has 0 fully saturated rings. The summed E-state index contributed by atoms with van der Waals surface area (Å²) < 4.78 is 19.4. The molecular weight excluding hydrogens is 1470 g/mol. The maximum Gasteiger partial charge on any atom is 0.306 e. The summed E-state index contributed by atoms with van der Waals surface area (Å²) in [5.41, 5.74) is 4.56. The minimum Gasteiger partial charge on any atom is -0.466 e. The van der Waals surface area contributed by atoms with Crippen LogP contribution in [0.25, 0.3) is 0 Å². The molecule has 0 rings (SSSR count). The maximum absolute atomic E-state index is 11.2. The first-order chi connectivity index (χ1) is 53.1. The topological polar surface area (TPSA) is 293 Å². The number of carbonyl (C=O) groups excluding carboxylic acids is 11. The minimum absolute atomic E-state index is 0.0619. The normalized spacial score (nSPS) is 10.7. The van der Waals surface area contributed by atoms with Gasteiger partial charge in [-0.25, -0.2) is 0 Å². The number of primary amides is 1. The van der Waals surface area contributed by atoms with Crippen molar-refractivity contribution in [2.45, 2.75) is 408 Å². The molecule has 0 aromatic carbocycles. The molecule has 0 spiro atoms. The zero-order valence-corrected chi connectivity index (χ0v) is 83.9. The smallest absolute Gasteiger partial charge is 0.306 e. The van der Waals surface area contributed by atoms with E-state index >= 15 is 0 Å². The number of esters is 4. The summed E-state index contributed by atoms with van der Waals surface area (Å²) in [4.78, 5) is 124. The highest BCUT2D eigenvalue weighted by atomic mass is 16.6. The first-order valence-electron chi connectivity index (χ1n) is 44.6. The summed E-state index contributed by atoms with van der Waals surface area (Å²) in [7, 11) is 10.8. The van der Waals surface area contributed by atoms with Crippen molar-refractivity contribution in [1.29, 1.82) is 0 Å². The summed E-state index contributed by atoms with van der Waals surface area (Å²) in [6.45, 7) is 73.7. The number of nitrogens with zero attached hydrogens (tertiary/aromatic N) is 3. The lowest BCUT2D eigenvalue weighted by atomic mass is 10.00. The Balaban J connectivity index is -0.000000102. The summed E-state index contributed by atoms with van der Waals surface area (Å²) >= 11 is 0. The zero-order chi connectivity index (χ0) is 94.0. The van der Waals surface area contributed by atoms with Gasteiger partial charge >= 0.3 is 23.9 Å². The molecule has 0 aliphatic heterocycles. The molecule has 0 aromatic rings. The van der Waals surface area contributed by atoms with Gasteiger partial charge in [-0.3, -0.25) is 57.6 Å². The molecule has 1 unspecified atom stereocenters. The van der Waals surface area contributed by atoms with E-state index < -0.39 is 0 Å². The molecule has 0 bridgehead atoms. The fraction of sp³-hybridized carbons (Fsp3) is 0.884. The van der Waals surface area contributed by atoms with Crippen molar-refractivity contribution in [2.24, 2.45) is 82.7 Å². The molecule has 4 N–H and O–H groups in total. The van der Waals surface area contributed by atoms with Gasteiger partial charge in [-0.2, -0.15) is 0 Å². The molecule has 0 aliphatic rings. The van der Waals surface area contributed by atoms with Crippen LogP contribution in [0, 0.1) is 76.9 Å². The molecule has 116 heavy (non-hydrogen) atoms. The standard InChI is InChI=1S/C10H20O.C9H19NO.2C9H18O2.C9H18O.C8H17NO.C8H16O2.C8H16O.C7H14O2.C6H15NO.2C6H13NO/c1-8(2)5-6-10(11)7-9(3)4;1-5-10(4)9(11)7-6-8(2)3;1-7(2)6-8(10)11-9(3,4)5;1-4-11-9(10)7-5-6-8(2)3;1-4-5-9(10)7-6-8(2)3;1-7(2)5-6-8(10)9(3)4;1-4-10-8(9)6-5-7(2)3;1-4-8(9)6-5-7(2)3;1-4-9-7(8)5-6(2)3;1-5(2)6(8)7(3)4;1-5(2)4-6(8)7-3;1-5(2)3-4-6(7)8/h8-9H,5-7H2,1-4H3;8H,5-7H2,1-4H3;7H,6H2,1-5H3;8H,4-7H2,1-3H3;8H,4-7H2,1-3H3;7H,5-6H2,1-4H3;7H,4-6H2,1-3H3;7H,4-6H2,1-3H3;6H,4-5H2,1-3H3;5-6,8H,1-4H3;5H,4H2,1-3H3,(H,7,8);5H,3-4H2,1-2H3,(H2,7,8). The van der Waals surface area contributed by atoms with Gasteiger partial charge in [-0.05, 0) is 197 Å². The summed E-state index contributed by atoms with van der Waals surface area (Å²) in [6.07, 6.45) is 19.0. The van der Waals surface area contributed by atoms with Crippen molar-refractivity contribution in [3.05, 3.63) is 0 Å². The van der Waals surface area contributed by atoms with Gasteiger partial charge in [0.15, 0.2) is 0 Å². The third kappa shape index (κ3) is 153. The van der Waals surface area contributed by atoms with Crippen LogP contribution in [0.4, 0.5) is 0 Å². The van der Waals surface area contributed by atoms with Gasteiger partial charge in [0.1, 0.15) is 29.2 Å². The molecular formula is C95H197N5O16. The number of carbonyl (C=O) groups is 11. The van der Waals surface area contributed by atoms with Crippen molar-refractivity contribution in [1.82, 2.24) is 20.0 Å². The summed E-state index contributed by atoms with van der Waals surface area (Å²) in [6, 6.07) is 0. The number of hydrogen-bond donors (Lipinski definition) is 3. The van der Waals surface area contributed by atoms with Crippen molar-refractivity contribution >= 4 is 64.9 Å². The number of hydrogen-bond acceptors (Lipinski definition) is 17. The van der Waals surface area contributed by atoms with Gasteiger partial charge in [0.05, 0.1) is 19.8 Å². The molecule has 0 radical (unpaired) electrons. The predicted molar refractivity (Wildman–Crippen MR) is 491 cm³/mol. The molecule has 0 aliphatic carbocycles. The number of aliphatic hydroxyl groups is 1. The number of amides is 4. The first-order valence-corrected chi connectivity index (χ1v) is 44.6. The highest BCUT2D eigenvalue weighted by molar-refractivity contribution is 5.79. The lowest BCUT2D eigenvalue weighted by Gasteiger charge is -2.21. The summed E-state index contributed by atoms with van der Waals surface area (Å²) in [5.74, 6) is 8.55. The van der Waals surface area contributed by atoms with Gasteiger partial charge in [-0.1, -0.05) is 200 Å². The second-order valence-corrected chi connectivity index (χ2v) is 36.4. The molecule has 0 saturated carbocycles. The lowest BCUT2D eigenvalue weighted by molar-refractivity contribution is -0.156. The quantitative estimate of drug-likeness (QED) is 0.0291. The molecule has 0 heterocycles. The van der Waals surface area contributed by atoms with E-state index in [1.165, 1.54) is 0 Å². The van der Waals surface area contributed by atoms with E-state index in [0.717, 1.165) is 103 Å². The number of ether oxygens (including phenoxy) is 4. The molecule has 4 amide bonds. The van der Waals surface area contributed by atoms with Crippen LogP contribution in [0.5, 0.6) is 0 Å². The Morgan fingerprint density at radius 2 is 0.681 bits per heavy atom. The average molecular weight is 1670 g/mol. The van der Waals surface area contributed by atoms with Crippen LogP contribution in [0.2, 0.25) is 0 Å². The zero-order valence-electron chi connectivity index (χ0n) is 83.9. The van der Waals surface area contributed by atoms with E-state index in [-0.39, 0.29) is 59.3 Å². The largest absolute Gasteiger partial charge is 0.466 e. The fourth-order valence-electron chi connectivity index (χ4n) is 8.20. The number of rotatable bonds is 42. The van der Waals surface area contributed by atoms with Crippen molar-refractivity contribution in [3.63, 3.8) is 0 Å². The van der Waals surface area contributed by atoms with Crippen LogP contribution >= 0.6 is 0 Å². The Morgan fingerprint density at radius 3 is 0.948 bits per heavy atom. The van der Waals surface area contributed by atoms with E-state index in [9.17, 15) is 52.7 Å². The van der Waals surface area contributed by atoms with Crippen LogP contribution in [0.1, 0.15) is 396 Å². The van der Waals surface area contributed by atoms with Crippen LogP contribution in [-0.2, 0) is 71.7 Å². The molecule has 21 heteroatoms. The second kappa shape index (κ2) is 93.6. The van der Waals surface area contributed by atoms with E-state index in [1.54, 1.807) is 35.8 Å². The Morgan fingerprint density at radius 1 is 0.362 bits per heavy atom. The van der Waals surface area contributed by atoms with E-state index in [4.69, 9.17) is 29.8 Å². The third-order valence-electron chi connectivity index (χ3n) is 15.4. The highest BCUT2D eigenvalue weighted by Crippen LogP contribution is 2.14. The number of aliphatic hydroxyl groups excluding tert-OH is 1.